The van der Waals surface area contributed by atoms with Crippen molar-refractivity contribution in [1.29, 1.82) is 0 Å². The molecular formula is C22H25N5O2. The maximum absolute atomic E-state index is 5.98. The molecule has 7 nitrogen and oxygen atoms in total. The molecule has 150 valence electrons. The summed E-state index contributed by atoms with van der Waals surface area (Å²) < 4.78 is 13.7. The largest absolute Gasteiger partial charge is 0.492 e. The molecule has 3 N–H and O–H groups in total. The lowest BCUT2D eigenvalue weighted by atomic mass is 10.1. The second-order valence-corrected chi connectivity index (χ2v) is 7.56. The highest BCUT2D eigenvalue weighted by Crippen LogP contribution is 2.40. The first kappa shape index (κ1) is 18.0. The molecule has 3 aromatic rings. The lowest BCUT2D eigenvalue weighted by Gasteiger charge is -2.22. The van der Waals surface area contributed by atoms with Crippen LogP contribution in [0, 0.1) is 0 Å². The van der Waals surface area contributed by atoms with Crippen LogP contribution in [0.4, 0.5) is 11.5 Å². The van der Waals surface area contributed by atoms with Crippen molar-refractivity contribution in [2.45, 2.75) is 38.5 Å². The SMILES string of the molecule is Nc1cccc(CNc2ncc(-c3cnn(C4CCCCO4)c3)c3c2CCO3)c1. The Hall–Kier alpha value is -3.06. The van der Waals surface area contributed by atoms with E-state index in [0.717, 1.165) is 65.4 Å². The molecule has 1 atom stereocenters. The summed E-state index contributed by atoms with van der Waals surface area (Å²) in [5.74, 6) is 1.77. The zero-order chi connectivity index (χ0) is 19.6. The van der Waals surface area contributed by atoms with Crippen LogP contribution in [0.3, 0.4) is 0 Å². The Morgan fingerprint density at radius 1 is 1.21 bits per heavy atom. The number of nitrogen functional groups attached to an aromatic ring is 1. The molecule has 0 spiro atoms. The minimum Gasteiger partial charge on any atom is -0.492 e. The van der Waals surface area contributed by atoms with Crippen molar-refractivity contribution >= 4 is 11.5 Å². The first-order valence-corrected chi connectivity index (χ1v) is 10.2. The van der Waals surface area contributed by atoms with Crippen molar-refractivity contribution in [3.8, 4) is 16.9 Å². The number of pyridine rings is 1. The standard InChI is InChI=1S/C22H25N5O2/c23-17-5-3-4-15(10-17)11-24-22-18-7-9-29-21(18)19(13-25-22)16-12-26-27(14-16)20-6-1-2-8-28-20/h3-5,10,12-14,20H,1-2,6-9,11,23H2,(H,24,25). The Labute approximate surface area is 169 Å². The van der Waals surface area contributed by atoms with Gasteiger partial charge >= 0.3 is 0 Å². The molecule has 2 aromatic heterocycles. The molecule has 1 saturated heterocycles. The van der Waals surface area contributed by atoms with Crippen molar-refractivity contribution in [2.75, 3.05) is 24.3 Å². The zero-order valence-electron chi connectivity index (χ0n) is 16.3. The van der Waals surface area contributed by atoms with Gasteiger partial charge in [-0.2, -0.15) is 5.10 Å². The van der Waals surface area contributed by atoms with Gasteiger partial charge in [-0.05, 0) is 37.0 Å². The van der Waals surface area contributed by atoms with Crippen molar-refractivity contribution in [3.63, 3.8) is 0 Å². The third kappa shape index (κ3) is 3.65. The molecule has 5 rings (SSSR count). The van der Waals surface area contributed by atoms with Gasteiger partial charge in [-0.3, -0.25) is 0 Å². The van der Waals surface area contributed by atoms with Gasteiger partial charge in [0.2, 0.25) is 0 Å². The molecule has 0 bridgehead atoms. The third-order valence-corrected chi connectivity index (χ3v) is 5.50. The zero-order valence-corrected chi connectivity index (χ0v) is 16.3. The Bertz CT molecular complexity index is 1010. The number of fused-ring (bicyclic) bond motifs is 1. The summed E-state index contributed by atoms with van der Waals surface area (Å²) in [5.41, 5.74) is 10.9. The summed E-state index contributed by atoms with van der Waals surface area (Å²) in [6.45, 7) is 2.13. The maximum atomic E-state index is 5.98. The van der Waals surface area contributed by atoms with Gasteiger partial charge in [-0.15, -0.1) is 0 Å². The third-order valence-electron chi connectivity index (χ3n) is 5.50. The molecule has 1 aromatic carbocycles. The number of hydrogen-bond acceptors (Lipinski definition) is 6. The van der Waals surface area contributed by atoms with Gasteiger partial charge in [0.05, 0.1) is 12.8 Å². The number of nitrogens with two attached hydrogens (primary N) is 1. The number of benzene rings is 1. The van der Waals surface area contributed by atoms with Gasteiger partial charge < -0.3 is 20.5 Å². The highest BCUT2D eigenvalue weighted by Gasteiger charge is 2.24. The number of anilines is 2. The van der Waals surface area contributed by atoms with E-state index in [4.69, 9.17) is 20.2 Å². The fourth-order valence-electron chi connectivity index (χ4n) is 4.00. The number of nitrogens with zero attached hydrogens (tertiary/aromatic N) is 3. The van der Waals surface area contributed by atoms with Crippen LogP contribution in [-0.2, 0) is 17.7 Å². The van der Waals surface area contributed by atoms with Crippen molar-refractivity contribution < 1.29 is 9.47 Å². The molecule has 0 aliphatic carbocycles. The van der Waals surface area contributed by atoms with Crippen LogP contribution >= 0.6 is 0 Å². The lowest BCUT2D eigenvalue weighted by molar-refractivity contribution is -0.0394. The quantitative estimate of drug-likeness (QED) is 0.644. The van der Waals surface area contributed by atoms with E-state index in [1.165, 1.54) is 6.42 Å². The lowest BCUT2D eigenvalue weighted by Crippen LogP contribution is -2.18. The van der Waals surface area contributed by atoms with Gasteiger partial charge in [0.15, 0.2) is 0 Å². The van der Waals surface area contributed by atoms with E-state index < -0.39 is 0 Å². The smallest absolute Gasteiger partial charge is 0.150 e. The van der Waals surface area contributed by atoms with Crippen molar-refractivity contribution in [2.24, 2.45) is 0 Å². The topological polar surface area (TPSA) is 87.2 Å². The molecule has 4 heterocycles. The minimum atomic E-state index is 0.0266. The van der Waals surface area contributed by atoms with E-state index in [9.17, 15) is 0 Å². The van der Waals surface area contributed by atoms with Crippen LogP contribution in [0.25, 0.3) is 11.1 Å². The van der Waals surface area contributed by atoms with Crippen LogP contribution in [0.5, 0.6) is 5.75 Å². The van der Waals surface area contributed by atoms with Crippen molar-refractivity contribution in [3.05, 3.63) is 54.0 Å². The molecule has 29 heavy (non-hydrogen) atoms. The number of nitrogens with one attached hydrogen (secondary N) is 1. The molecule has 1 unspecified atom stereocenters. The summed E-state index contributed by atoms with van der Waals surface area (Å²) in [7, 11) is 0. The van der Waals surface area contributed by atoms with Gasteiger partial charge in [-0.25, -0.2) is 9.67 Å². The van der Waals surface area contributed by atoms with Crippen LogP contribution in [-0.4, -0.2) is 28.0 Å². The summed E-state index contributed by atoms with van der Waals surface area (Å²) in [6, 6.07) is 7.88. The fraction of sp³-hybridized carbons (Fsp3) is 0.364. The fourth-order valence-corrected chi connectivity index (χ4v) is 4.00. The summed E-state index contributed by atoms with van der Waals surface area (Å²) in [5, 5.41) is 7.97. The predicted octanol–water partition coefficient (Wildman–Crippen LogP) is 3.77. The molecule has 2 aliphatic heterocycles. The van der Waals surface area contributed by atoms with E-state index in [1.807, 2.05) is 41.5 Å². The summed E-state index contributed by atoms with van der Waals surface area (Å²) in [6.07, 6.45) is 9.95. The first-order chi connectivity index (χ1) is 14.3. The Morgan fingerprint density at radius 3 is 3.03 bits per heavy atom. The van der Waals surface area contributed by atoms with Crippen molar-refractivity contribution in [1.82, 2.24) is 14.8 Å². The van der Waals surface area contributed by atoms with Gasteiger partial charge in [0, 0.05) is 54.3 Å². The second kappa shape index (κ2) is 7.75. The van der Waals surface area contributed by atoms with Crippen LogP contribution in [0.15, 0.2) is 42.9 Å². The van der Waals surface area contributed by atoms with Crippen LogP contribution in [0.1, 0.15) is 36.6 Å². The first-order valence-electron chi connectivity index (χ1n) is 10.2. The highest BCUT2D eigenvalue weighted by atomic mass is 16.5. The van der Waals surface area contributed by atoms with Crippen LogP contribution in [0.2, 0.25) is 0 Å². The molecule has 0 amide bonds. The van der Waals surface area contributed by atoms with Crippen LogP contribution < -0.4 is 15.8 Å². The summed E-state index contributed by atoms with van der Waals surface area (Å²) in [4.78, 5) is 4.70. The number of rotatable bonds is 5. The van der Waals surface area contributed by atoms with E-state index in [-0.39, 0.29) is 6.23 Å². The monoisotopic (exact) mass is 391 g/mol. The Balaban J connectivity index is 1.38. The molecule has 0 radical (unpaired) electrons. The van der Waals surface area contributed by atoms with Gasteiger partial charge in [-0.1, -0.05) is 12.1 Å². The normalized spacial score (nSPS) is 18.3. The molecular weight excluding hydrogens is 366 g/mol. The summed E-state index contributed by atoms with van der Waals surface area (Å²) >= 11 is 0. The van der Waals surface area contributed by atoms with E-state index >= 15 is 0 Å². The average Bonchev–Trinajstić information content (AvgIpc) is 3.43. The average molecular weight is 391 g/mol. The van der Waals surface area contributed by atoms with E-state index in [0.29, 0.717) is 13.2 Å². The second-order valence-electron chi connectivity index (χ2n) is 7.56. The van der Waals surface area contributed by atoms with Gasteiger partial charge in [0.25, 0.3) is 0 Å². The number of aromatic nitrogens is 3. The number of hydrogen-bond donors (Lipinski definition) is 2. The molecule has 0 saturated carbocycles. The molecule has 7 heteroatoms. The number of ether oxygens (including phenoxy) is 2. The maximum Gasteiger partial charge on any atom is 0.150 e. The minimum absolute atomic E-state index is 0.0266. The highest BCUT2D eigenvalue weighted by molar-refractivity contribution is 5.74. The Kier molecular flexibility index (Phi) is 4.81. The molecule has 1 fully saturated rings. The predicted molar refractivity (Wildman–Crippen MR) is 112 cm³/mol. The van der Waals surface area contributed by atoms with E-state index in [1.54, 1.807) is 0 Å². The molecule has 2 aliphatic rings. The Morgan fingerprint density at radius 2 is 2.17 bits per heavy atom. The van der Waals surface area contributed by atoms with E-state index in [2.05, 4.69) is 16.5 Å². The van der Waals surface area contributed by atoms with Gasteiger partial charge in [0.1, 0.15) is 17.8 Å².